The summed E-state index contributed by atoms with van der Waals surface area (Å²) in [7, 11) is 0. The number of primary amides is 1. The lowest BCUT2D eigenvalue weighted by Gasteiger charge is -2.05. The van der Waals surface area contributed by atoms with Crippen LogP contribution >= 0.6 is 11.3 Å². The van der Waals surface area contributed by atoms with Gasteiger partial charge >= 0.3 is 6.01 Å². The number of thiophene rings is 1. The number of hydrogen-bond acceptors (Lipinski definition) is 6. The molecular weight excluding hydrogens is 376 g/mol. The molecule has 3 rings (SSSR count). The molecular formula is C20H24N4O3S. The van der Waals surface area contributed by atoms with Crippen LogP contribution in [0.1, 0.15) is 30.2 Å². The first-order valence-corrected chi connectivity index (χ1v) is 9.66. The van der Waals surface area contributed by atoms with Crippen LogP contribution in [-0.4, -0.2) is 23.3 Å². The first kappa shape index (κ1) is 21.2. The zero-order valence-electron chi connectivity index (χ0n) is 15.8. The van der Waals surface area contributed by atoms with E-state index in [0.29, 0.717) is 5.92 Å². The summed E-state index contributed by atoms with van der Waals surface area (Å²) >= 11 is 1.83. The van der Waals surface area contributed by atoms with Crippen molar-refractivity contribution < 1.29 is 14.0 Å². The van der Waals surface area contributed by atoms with Gasteiger partial charge in [0.25, 0.3) is 0 Å². The van der Waals surface area contributed by atoms with Crippen LogP contribution in [0.3, 0.4) is 0 Å². The predicted molar refractivity (Wildman–Crippen MR) is 111 cm³/mol. The van der Waals surface area contributed by atoms with Crippen LogP contribution in [-0.2, 0) is 16.0 Å². The summed E-state index contributed by atoms with van der Waals surface area (Å²) in [5.74, 6) is 0.0553. The van der Waals surface area contributed by atoms with E-state index in [1.807, 2.05) is 11.3 Å². The molecule has 28 heavy (non-hydrogen) atoms. The average molecular weight is 401 g/mol. The molecule has 4 N–H and O–H groups in total. The molecule has 0 fully saturated rings. The number of nitrogens with two attached hydrogens (primary N) is 1. The average Bonchev–Trinajstić information content (AvgIpc) is 3.35. The molecule has 2 amide bonds. The third-order valence-corrected chi connectivity index (χ3v) is 4.75. The fraction of sp³-hybridized carbons (Fsp3) is 0.250. The number of benzene rings is 1. The second-order valence-electron chi connectivity index (χ2n) is 6.25. The first-order chi connectivity index (χ1) is 13.4. The molecule has 0 bridgehead atoms. The van der Waals surface area contributed by atoms with Crippen molar-refractivity contribution in [3.63, 3.8) is 0 Å². The molecule has 0 aliphatic rings. The van der Waals surface area contributed by atoms with Gasteiger partial charge in [-0.1, -0.05) is 32.0 Å². The highest BCUT2D eigenvalue weighted by Crippen LogP contribution is 2.18. The lowest BCUT2D eigenvalue weighted by atomic mass is 10.1. The van der Waals surface area contributed by atoms with Gasteiger partial charge < -0.3 is 15.5 Å². The Morgan fingerprint density at radius 2 is 1.96 bits per heavy atom. The van der Waals surface area contributed by atoms with Crippen LogP contribution in [0.25, 0.3) is 0 Å². The molecule has 0 saturated heterocycles. The molecule has 2 aromatic heterocycles. The molecule has 0 radical (unpaired) electrons. The Hall–Kier alpha value is -3.13. The second kappa shape index (κ2) is 10.9. The predicted octanol–water partition coefficient (Wildman–Crippen LogP) is 3.62. The van der Waals surface area contributed by atoms with Crippen molar-refractivity contribution in [1.82, 2.24) is 4.98 Å². The van der Waals surface area contributed by atoms with Crippen molar-refractivity contribution in [2.45, 2.75) is 26.2 Å². The highest BCUT2D eigenvalue weighted by molar-refractivity contribution is 7.10. The van der Waals surface area contributed by atoms with Crippen LogP contribution < -0.4 is 16.4 Å². The van der Waals surface area contributed by atoms with E-state index < -0.39 is 5.91 Å². The maximum Gasteiger partial charge on any atom is 0.301 e. The third-order valence-electron chi connectivity index (χ3n) is 3.58. The number of hydrogen-bond donors (Lipinski definition) is 3. The van der Waals surface area contributed by atoms with E-state index in [4.69, 9.17) is 10.2 Å². The molecule has 148 valence electrons. The SMILES string of the molecule is CC(C)c1cccs1.NC(=O)CNc1ccc(CC(=O)Nc2ncco2)cc1. The summed E-state index contributed by atoms with van der Waals surface area (Å²) in [5, 5.41) is 7.51. The van der Waals surface area contributed by atoms with Crippen molar-refractivity contribution >= 4 is 34.9 Å². The van der Waals surface area contributed by atoms with E-state index in [0.717, 1.165) is 11.3 Å². The zero-order chi connectivity index (χ0) is 20.4. The standard InChI is InChI=1S/C13H14N4O3.C7H10S/c14-11(18)8-16-10-3-1-9(2-4-10)7-12(19)17-13-15-5-6-20-13;1-6(2)7-4-3-5-8-7/h1-6,16H,7-8H2,(H2,14,18)(H,15,17,19);3-6H,1-2H3. The molecule has 7 nitrogen and oxygen atoms in total. The quantitative estimate of drug-likeness (QED) is 0.561. The van der Waals surface area contributed by atoms with Gasteiger partial charge in [0.05, 0.1) is 19.2 Å². The number of amides is 2. The number of aromatic nitrogens is 1. The van der Waals surface area contributed by atoms with E-state index >= 15 is 0 Å². The van der Waals surface area contributed by atoms with Gasteiger partial charge in [-0.3, -0.25) is 14.9 Å². The summed E-state index contributed by atoms with van der Waals surface area (Å²) in [4.78, 5) is 27.6. The van der Waals surface area contributed by atoms with Crippen molar-refractivity contribution in [2.24, 2.45) is 5.73 Å². The van der Waals surface area contributed by atoms with E-state index in [9.17, 15) is 9.59 Å². The molecule has 0 spiro atoms. The minimum Gasteiger partial charge on any atom is -0.432 e. The van der Waals surface area contributed by atoms with Gasteiger partial charge in [-0.2, -0.15) is 0 Å². The zero-order valence-corrected chi connectivity index (χ0v) is 16.7. The van der Waals surface area contributed by atoms with Gasteiger partial charge in [-0.05, 0) is 35.1 Å². The molecule has 8 heteroatoms. The Morgan fingerprint density at radius 1 is 1.21 bits per heavy atom. The maximum absolute atomic E-state index is 11.7. The molecule has 0 atom stereocenters. The summed E-state index contributed by atoms with van der Waals surface area (Å²) in [6.07, 6.45) is 3.04. The Labute approximate surface area is 168 Å². The van der Waals surface area contributed by atoms with Crippen molar-refractivity contribution in [2.75, 3.05) is 17.2 Å². The van der Waals surface area contributed by atoms with Crippen molar-refractivity contribution in [1.29, 1.82) is 0 Å². The van der Waals surface area contributed by atoms with Crippen LogP contribution in [0.4, 0.5) is 11.7 Å². The molecule has 0 saturated carbocycles. The Kier molecular flexibility index (Phi) is 8.23. The van der Waals surface area contributed by atoms with Gasteiger partial charge in [0.15, 0.2) is 0 Å². The van der Waals surface area contributed by atoms with Crippen LogP contribution in [0, 0.1) is 0 Å². The summed E-state index contributed by atoms with van der Waals surface area (Å²) in [6.45, 7) is 4.50. The first-order valence-electron chi connectivity index (χ1n) is 8.78. The fourth-order valence-electron chi connectivity index (χ4n) is 2.18. The monoisotopic (exact) mass is 400 g/mol. The third kappa shape index (κ3) is 7.63. The molecule has 3 aromatic rings. The Balaban J connectivity index is 0.000000292. The van der Waals surface area contributed by atoms with E-state index in [1.54, 1.807) is 24.3 Å². The number of anilines is 2. The Morgan fingerprint density at radius 3 is 2.46 bits per heavy atom. The normalized spacial score (nSPS) is 10.1. The number of carbonyl (C=O) groups is 2. The molecule has 0 aliphatic heterocycles. The van der Waals surface area contributed by atoms with Gasteiger partial charge in [0.2, 0.25) is 11.8 Å². The molecule has 0 aliphatic carbocycles. The number of rotatable bonds is 7. The molecule has 0 unspecified atom stereocenters. The topological polar surface area (TPSA) is 110 Å². The highest BCUT2D eigenvalue weighted by atomic mass is 32.1. The minimum absolute atomic E-state index is 0.0734. The van der Waals surface area contributed by atoms with Gasteiger partial charge in [-0.15, -0.1) is 11.3 Å². The van der Waals surface area contributed by atoms with Crippen LogP contribution in [0.2, 0.25) is 0 Å². The minimum atomic E-state index is -0.431. The van der Waals surface area contributed by atoms with E-state index in [-0.39, 0.29) is 24.9 Å². The van der Waals surface area contributed by atoms with Crippen molar-refractivity contribution in [3.05, 3.63) is 64.7 Å². The molecule has 2 heterocycles. The fourth-order valence-corrected chi connectivity index (χ4v) is 2.93. The summed E-state index contributed by atoms with van der Waals surface area (Å²) in [5.41, 5.74) is 6.63. The lowest BCUT2D eigenvalue weighted by molar-refractivity contribution is -0.116. The second-order valence-corrected chi connectivity index (χ2v) is 7.23. The highest BCUT2D eigenvalue weighted by Gasteiger charge is 2.06. The summed E-state index contributed by atoms with van der Waals surface area (Å²) in [6, 6.07) is 11.6. The van der Waals surface area contributed by atoms with Gasteiger partial charge in [-0.25, -0.2) is 4.98 Å². The van der Waals surface area contributed by atoms with Crippen molar-refractivity contribution in [3.8, 4) is 0 Å². The van der Waals surface area contributed by atoms with E-state index in [1.165, 1.54) is 17.3 Å². The molecule has 1 aromatic carbocycles. The maximum atomic E-state index is 11.7. The number of nitrogens with zero attached hydrogens (tertiary/aromatic N) is 1. The van der Waals surface area contributed by atoms with Crippen LogP contribution in [0.5, 0.6) is 0 Å². The van der Waals surface area contributed by atoms with Crippen LogP contribution in [0.15, 0.2) is 58.7 Å². The Bertz CT molecular complexity index is 844. The smallest absolute Gasteiger partial charge is 0.301 e. The summed E-state index contributed by atoms with van der Waals surface area (Å²) < 4.78 is 4.92. The largest absolute Gasteiger partial charge is 0.432 e. The van der Waals surface area contributed by atoms with Gasteiger partial charge in [0, 0.05) is 10.6 Å². The number of nitrogens with one attached hydrogen (secondary N) is 2. The number of oxazole rings is 1. The number of carbonyl (C=O) groups excluding carboxylic acids is 2. The van der Waals surface area contributed by atoms with Gasteiger partial charge in [0.1, 0.15) is 6.26 Å². The lowest BCUT2D eigenvalue weighted by Crippen LogP contribution is -2.21. The van der Waals surface area contributed by atoms with E-state index in [2.05, 4.69) is 47.0 Å².